The molecule has 0 spiro atoms. The van der Waals surface area contributed by atoms with Crippen LogP contribution < -0.4 is 11.1 Å². The summed E-state index contributed by atoms with van der Waals surface area (Å²) in [4.78, 5) is 76.6. The van der Waals surface area contributed by atoms with E-state index in [1.165, 1.54) is 6.07 Å². The van der Waals surface area contributed by atoms with Crippen molar-refractivity contribution < 1.29 is 42.3 Å². The lowest BCUT2D eigenvalue weighted by molar-refractivity contribution is -0.140. The molecule has 2 heterocycles. The van der Waals surface area contributed by atoms with E-state index in [1.807, 2.05) is 61.7 Å². The molecule has 59 heavy (non-hydrogen) atoms. The zero-order valence-electron chi connectivity index (χ0n) is 34.5. The van der Waals surface area contributed by atoms with Crippen molar-refractivity contribution in [1.29, 1.82) is 0 Å². The van der Waals surface area contributed by atoms with Crippen molar-refractivity contribution in [1.82, 2.24) is 19.7 Å². The van der Waals surface area contributed by atoms with Gasteiger partial charge in [-0.3, -0.25) is 33.7 Å². The summed E-state index contributed by atoms with van der Waals surface area (Å²) in [5.41, 5.74) is 8.35. The summed E-state index contributed by atoms with van der Waals surface area (Å²) in [5.74, 6) is -2.85. The quantitative estimate of drug-likeness (QED) is 0.0815. The van der Waals surface area contributed by atoms with Crippen LogP contribution in [0.1, 0.15) is 96.4 Å². The van der Waals surface area contributed by atoms with Crippen molar-refractivity contribution in [2.75, 3.05) is 32.8 Å². The summed E-state index contributed by atoms with van der Waals surface area (Å²) in [7, 11) is 0. The zero-order chi connectivity index (χ0) is 43.1. The number of halogens is 2. The minimum Gasteiger partial charge on any atom is -0.381 e. The number of benzene rings is 2. The van der Waals surface area contributed by atoms with E-state index >= 15 is 4.39 Å². The first kappa shape index (κ1) is 46.4. The van der Waals surface area contributed by atoms with Crippen LogP contribution in [0.15, 0.2) is 72.9 Å². The molecule has 0 fully saturated rings. The van der Waals surface area contributed by atoms with Gasteiger partial charge in [0.05, 0.1) is 12.6 Å². The van der Waals surface area contributed by atoms with Gasteiger partial charge in [-0.05, 0) is 54.5 Å². The van der Waals surface area contributed by atoms with Gasteiger partial charge in [-0.25, -0.2) is 8.78 Å². The van der Waals surface area contributed by atoms with Gasteiger partial charge in [-0.2, -0.15) is 0 Å². The number of nitrogens with one attached hydrogen (secondary N) is 1. The van der Waals surface area contributed by atoms with Crippen molar-refractivity contribution >= 4 is 35.2 Å². The molecular formula is C45H57F2N5O7. The predicted octanol–water partition coefficient (Wildman–Crippen LogP) is 6.06. The number of ketones is 2. The molecule has 0 saturated carbocycles. The van der Waals surface area contributed by atoms with E-state index in [0.717, 1.165) is 40.4 Å². The number of aromatic nitrogens is 1. The molecule has 1 aliphatic heterocycles. The number of hydrogen-bond acceptors (Lipinski definition) is 8. The number of carbonyl (C=O) groups is 6. The van der Waals surface area contributed by atoms with Crippen molar-refractivity contribution in [3.63, 3.8) is 0 Å². The first-order valence-corrected chi connectivity index (χ1v) is 20.2. The largest absolute Gasteiger partial charge is 0.381 e. The molecule has 0 bridgehead atoms. The SMILES string of the molecule is CCC(=O)N(CC[C@H](N)CNC(=O)CCC(=O)CCCOCCCC(=O)CN1C(=O)C=CC1=O)[C@@H](c1cc(-c2cc(F)ccc2F)cn1Cc1ccccc1)C(C)(C)C. The molecule has 1 aromatic heterocycles. The fourth-order valence-electron chi connectivity index (χ4n) is 7.02. The van der Waals surface area contributed by atoms with E-state index in [1.54, 1.807) is 18.0 Å². The molecule has 318 valence electrons. The third-order valence-corrected chi connectivity index (χ3v) is 10.1. The summed E-state index contributed by atoms with van der Waals surface area (Å²) in [5, 5.41) is 2.80. The Labute approximate surface area is 345 Å². The Morgan fingerprint density at radius 1 is 0.881 bits per heavy atom. The fraction of sp³-hybridized carbons (Fsp3) is 0.467. The smallest absolute Gasteiger partial charge is 0.254 e. The van der Waals surface area contributed by atoms with Gasteiger partial charge in [-0.15, -0.1) is 0 Å². The maximum Gasteiger partial charge on any atom is 0.254 e. The Morgan fingerprint density at radius 2 is 1.54 bits per heavy atom. The first-order valence-electron chi connectivity index (χ1n) is 20.2. The van der Waals surface area contributed by atoms with E-state index in [4.69, 9.17) is 10.5 Å². The van der Waals surface area contributed by atoms with Crippen LogP contribution in [0.4, 0.5) is 8.78 Å². The average molecular weight is 818 g/mol. The number of nitrogens with zero attached hydrogens (tertiary/aromatic N) is 3. The van der Waals surface area contributed by atoms with E-state index < -0.39 is 40.9 Å². The second-order valence-electron chi connectivity index (χ2n) is 15.9. The normalized spacial score (nSPS) is 13.8. The Hall–Kier alpha value is -5.34. The monoisotopic (exact) mass is 817 g/mol. The summed E-state index contributed by atoms with van der Waals surface area (Å²) in [6.45, 7) is 9.09. The number of rotatable bonds is 24. The number of hydrogen-bond donors (Lipinski definition) is 2. The molecule has 14 heteroatoms. The highest BCUT2D eigenvalue weighted by Crippen LogP contribution is 2.41. The molecule has 4 rings (SSSR count). The number of nitrogens with two attached hydrogens (primary N) is 1. The molecule has 3 N–H and O–H groups in total. The van der Waals surface area contributed by atoms with Crippen LogP contribution in [-0.4, -0.2) is 88.5 Å². The topological polar surface area (TPSA) is 161 Å². The third-order valence-electron chi connectivity index (χ3n) is 10.1. The fourth-order valence-corrected chi connectivity index (χ4v) is 7.02. The summed E-state index contributed by atoms with van der Waals surface area (Å²) >= 11 is 0. The molecule has 4 amide bonds. The van der Waals surface area contributed by atoms with Gasteiger partial charge < -0.3 is 25.3 Å². The summed E-state index contributed by atoms with van der Waals surface area (Å²) < 4.78 is 36.9. The van der Waals surface area contributed by atoms with Crippen LogP contribution in [0.3, 0.4) is 0 Å². The van der Waals surface area contributed by atoms with Crippen molar-refractivity contribution in [2.45, 2.75) is 97.7 Å². The average Bonchev–Trinajstić information content (AvgIpc) is 3.75. The Bertz CT molecular complexity index is 1960. The lowest BCUT2D eigenvalue weighted by Gasteiger charge is -2.41. The highest BCUT2D eigenvalue weighted by atomic mass is 19.1. The molecule has 0 saturated heterocycles. The lowest BCUT2D eigenvalue weighted by atomic mass is 9.82. The number of imide groups is 1. The van der Waals surface area contributed by atoms with Gasteiger partial charge in [0.1, 0.15) is 17.4 Å². The second-order valence-corrected chi connectivity index (χ2v) is 15.9. The molecule has 0 unspecified atom stereocenters. The Kier molecular flexibility index (Phi) is 17.4. The standard InChI is InChI=1S/C45H57F2N5O7/c1-5-41(56)51(44(45(2,3)4)39-25-32(37-26-33(46)15-17-38(37)47)29-50(39)28-31-11-7-6-8-12-31)22-21-34(48)27-49-40(55)18-16-35(53)13-9-23-59-24-10-14-36(54)30-52-42(57)19-20-43(52)58/h6-8,11-12,15,17,19-20,25-26,29,34,44H,5,9-10,13-14,16,18,21-24,27-28,30,48H2,1-4H3,(H,49,55)/t34-,44-/m0/s1. The van der Waals surface area contributed by atoms with Crippen LogP contribution in [0.2, 0.25) is 0 Å². The number of Topliss-reactive ketones (excluding diaryl/α,β-unsaturated/α-hetero) is 2. The molecule has 2 atom stereocenters. The number of amides is 4. The van der Waals surface area contributed by atoms with Gasteiger partial charge in [0.15, 0.2) is 5.78 Å². The van der Waals surface area contributed by atoms with Crippen LogP contribution >= 0.6 is 0 Å². The Morgan fingerprint density at radius 3 is 2.19 bits per heavy atom. The minimum atomic E-state index is -0.558. The Balaban J connectivity index is 1.26. The molecule has 1 aliphatic rings. The van der Waals surface area contributed by atoms with Crippen LogP contribution in [0.5, 0.6) is 0 Å². The molecular weight excluding hydrogens is 761 g/mol. The van der Waals surface area contributed by atoms with Gasteiger partial charge in [-0.1, -0.05) is 58.0 Å². The summed E-state index contributed by atoms with van der Waals surface area (Å²) in [6.07, 6.45) is 6.02. The van der Waals surface area contributed by atoms with E-state index in [2.05, 4.69) is 5.32 Å². The number of carbonyl (C=O) groups excluding carboxylic acids is 6. The van der Waals surface area contributed by atoms with E-state index in [-0.39, 0.29) is 80.7 Å². The maximum atomic E-state index is 15.1. The molecule has 0 aliphatic carbocycles. The van der Waals surface area contributed by atoms with Gasteiger partial charge >= 0.3 is 0 Å². The van der Waals surface area contributed by atoms with Crippen LogP contribution in [0.25, 0.3) is 11.1 Å². The lowest BCUT2D eigenvalue weighted by Crippen LogP contribution is -2.45. The highest BCUT2D eigenvalue weighted by Gasteiger charge is 2.37. The zero-order valence-corrected chi connectivity index (χ0v) is 34.5. The predicted molar refractivity (Wildman–Crippen MR) is 220 cm³/mol. The van der Waals surface area contributed by atoms with Gasteiger partial charge in [0.25, 0.3) is 11.8 Å². The van der Waals surface area contributed by atoms with Crippen molar-refractivity contribution in [2.24, 2.45) is 11.1 Å². The molecule has 12 nitrogen and oxygen atoms in total. The second kappa shape index (κ2) is 22.1. The highest BCUT2D eigenvalue weighted by molar-refractivity contribution is 6.14. The first-order chi connectivity index (χ1) is 28.1. The van der Waals surface area contributed by atoms with Gasteiger partial charge in [0.2, 0.25) is 11.8 Å². The van der Waals surface area contributed by atoms with Gasteiger partial charge in [0, 0.05) is 106 Å². The van der Waals surface area contributed by atoms with Crippen LogP contribution in [-0.2, 0) is 40.0 Å². The minimum absolute atomic E-state index is 0.00521. The molecule has 0 radical (unpaired) electrons. The van der Waals surface area contributed by atoms with Crippen molar-refractivity contribution in [3.05, 3.63) is 95.8 Å². The molecule has 3 aromatic rings. The maximum absolute atomic E-state index is 15.1. The third kappa shape index (κ3) is 14.2. The van der Waals surface area contributed by atoms with Crippen molar-refractivity contribution in [3.8, 4) is 11.1 Å². The summed E-state index contributed by atoms with van der Waals surface area (Å²) in [6, 6.07) is 14.0. The number of ether oxygens (including phenoxy) is 1. The van der Waals surface area contributed by atoms with E-state index in [9.17, 15) is 33.2 Å². The molecule has 2 aromatic carbocycles. The van der Waals surface area contributed by atoms with Crippen LogP contribution in [0, 0.1) is 17.0 Å². The van der Waals surface area contributed by atoms with E-state index in [0.29, 0.717) is 44.6 Å².